The number of fused-ring (bicyclic) bond motifs is 1. The van der Waals surface area contributed by atoms with E-state index in [1.54, 1.807) is 13.2 Å². The summed E-state index contributed by atoms with van der Waals surface area (Å²) >= 11 is 0. The van der Waals surface area contributed by atoms with Crippen LogP contribution >= 0.6 is 0 Å². The second-order valence-corrected chi connectivity index (χ2v) is 8.54. The molecule has 4 rings (SSSR count). The summed E-state index contributed by atoms with van der Waals surface area (Å²) in [4.78, 5) is 2.50. The Labute approximate surface area is 167 Å². The fourth-order valence-electron chi connectivity index (χ4n) is 5.17. The first kappa shape index (κ1) is 19.3. The molecular weight excluding hydrogens is 350 g/mol. The van der Waals surface area contributed by atoms with Crippen LogP contribution in [0.2, 0.25) is 0 Å². The maximum Gasteiger partial charge on any atom is 0.160 e. The summed E-state index contributed by atoms with van der Waals surface area (Å²) < 4.78 is 5.37. The van der Waals surface area contributed by atoms with Crippen LogP contribution in [0.5, 0.6) is 11.5 Å². The van der Waals surface area contributed by atoms with Gasteiger partial charge in [-0.05, 0) is 49.4 Å². The molecule has 3 atom stereocenters. The van der Waals surface area contributed by atoms with Crippen LogP contribution in [-0.2, 0) is 6.54 Å². The van der Waals surface area contributed by atoms with E-state index in [-0.39, 0.29) is 17.7 Å². The topological polar surface area (TPSA) is 52.9 Å². The van der Waals surface area contributed by atoms with E-state index < -0.39 is 5.60 Å². The smallest absolute Gasteiger partial charge is 0.160 e. The molecule has 2 fully saturated rings. The first-order valence-electron chi connectivity index (χ1n) is 10.4. The molecule has 1 aliphatic carbocycles. The van der Waals surface area contributed by atoms with Crippen LogP contribution in [0.3, 0.4) is 0 Å². The number of aromatic hydroxyl groups is 1. The van der Waals surface area contributed by atoms with Crippen molar-refractivity contribution in [2.24, 2.45) is 5.92 Å². The summed E-state index contributed by atoms with van der Waals surface area (Å²) in [5.74, 6) is 0.860. The van der Waals surface area contributed by atoms with Crippen LogP contribution in [0, 0.1) is 12.8 Å². The van der Waals surface area contributed by atoms with Crippen molar-refractivity contribution in [3.8, 4) is 11.5 Å². The van der Waals surface area contributed by atoms with Gasteiger partial charge >= 0.3 is 0 Å². The quantitative estimate of drug-likeness (QED) is 0.814. The number of ether oxygens (including phenoxy) is 1. The Morgan fingerprint density at radius 3 is 2.64 bits per heavy atom. The molecule has 1 saturated carbocycles. The number of aryl methyl sites for hydroxylation is 1. The minimum Gasteiger partial charge on any atom is -0.504 e. The van der Waals surface area contributed by atoms with E-state index in [4.69, 9.17) is 4.74 Å². The van der Waals surface area contributed by atoms with E-state index >= 15 is 0 Å². The lowest BCUT2D eigenvalue weighted by molar-refractivity contribution is -0.126. The molecule has 1 heterocycles. The van der Waals surface area contributed by atoms with Gasteiger partial charge in [0.1, 0.15) is 0 Å². The number of phenols is 1. The number of phenolic OH excluding ortho intramolecular Hbond substituents is 1. The third kappa shape index (κ3) is 3.63. The normalized spacial score (nSPS) is 28.0. The van der Waals surface area contributed by atoms with Gasteiger partial charge in [0.2, 0.25) is 0 Å². The van der Waals surface area contributed by atoms with Crippen molar-refractivity contribution in [1.82, 2.24) is 4.90 Å². The molecule has 2 N–H and O–H groups in total. The largest absolute Gasteiger partial charge is 0.504 e. The molecule has 4 heteroatoms. The second-order valence-electron chi connectivity index (χ2n) is 8.54. The van der Waals surface area contributed by atoms with Crippen molar-refractivity contribution in [1.29, 1.82) is 0 Å². The van der Waals surface area contributed by atoms with Crippen LogP contribution < -0.4 is 4.74 Å². The van der Waals surface area contributed by atoms with Gasteiger partial charge in [0.25, 0.3) is 0 Å². The standard InChI is InChI=1S/C24H31NO3/c1-17-6-8-18(9-7-17)16-25-14-13-24(27)12-4-3-5-20(24)23(25)19-10-11-21(26)22(15-19)28-2/h6-11,15,20,23,26-27H,3-5,12-14,16H2,1-2H3/t20-,23+,24-/m1/s1. The van der Waals surface area contributed by atoms with Gasteiger partial charge in [0, 0.05) is 25.0 Å². The average Bonchev–Trinajstić information content (AvgIpc) is 2.70. The highest BCUT2D eigenvalue weighted by Crippen LogP contribution is 2.50. The van der Waals surface area contributed by atoms with Crippen molar-refractivity contribution in [3.63, 3.8) is 0 Å². The molecule has 0 aromatic heterocycles. The Bertz CT molecular complexity index is 819. The van der Waals surface area contributed by atoms with Gasteiger partial charge in [-0.1, -0.05) is 48.7 Å². The SMILES string of the molecule is COc1cc([C@H]2[C@H]3CCCC[C@@]3(O)CCN2Cc2ccc(C)cc2)ccc1O. The molecule has 28 heavy (non-hydrogen) atoms. The van der Waals surface area contributed by atoms with E-state index in [0.717, 1.165) is 50.8 Å². The van der Waals surface area contributed by atoms with E-state index in [2.05, 4.69) is 36.1 Å². The van der Waals surface area contributed by atoms with Gasteiger partial charge in [-0.15, -0.1) is 0 Å². The van der Waals surface area contributed by atoms with Crippen LogP contribution in [0.25, 0.3) is 0 Å². The minimum absolute atomic E-state index is 0.120. The summed E-state index contributed by atoms with van der Waals surface area (Å²) in [6.07, 6.45) is 5.03. The second kappa shape index (κ2) is 7.76. The van der Waals surface area contributed by atoms with E-state index in [0.29, 0.717) is 5.75 Å². The van der Waals surface area contributed by atoms with Gasteiger partial charge in [0.05, 0.1) is 12.7 Å². The van der Waals surface area contributed by atoms with E-state index in [1.807, 2.05) is 12.1 Å². The van der Waals surface area contributed by atoms with Gasteiger partial charge < -0.3 is 14.9 Å². The predicted molar refractivity (Wildman–Crippen MR) is 111 cm³/mol. The highest BCUT2D eigenvalue weighted by molar-refractivity contribution is 5.43. The number of nitrogens with zero attached hydrogens (tertiary/aromatic N) is 1. The molecule has 0 bridgehead atoms. The fourth-order valence-corrected chi connectivity index (χ4v) is 5.17. The maximum absolute atomic E-state index is 11.4. The molecular formula is C24H31NO3. The van der Waals surface area contributed by atoms with Crippen molar-refractivity contribution < 1.29 is 14.9 Å². The number of hydrogen-bond acceptors (Lipinski definition) is 4. The number of benzene rings is 2. The van der Waals surface area contributed by atoms with E-state index in [1.165, 1.54) is 11.1 Å². The van der Waals surface area contributed by atoms with E-state index in [9.17, 15) is 10.2 Å². The lowest BCUT2D eigenvalue weighted by Gasteiger charge is -2.53. The Balaban J connectivity index is 1.70. The molecule has 2 aromatic rings. The van der Waals surface area contributed by atoms with Gasteiger partial charge in [0.15, 0.2) is 11.5 Å². The van der Waals surface area contributed by atoms with Crippen LogP contribution in [0.15, 0.2) is 42.5 Å². The number of likely N-dealkylation sites (tertiary alicyclic amines) is 1. The molecule has 0 radical (unpaired) electrons. The van der Waals surface area contributed by atoms with Gasteiger partial charge in [-0.25, -0.2) is 0 Å². The summed E-state index contributed by atoms with van der Waals surface area (Å²) in [5.41, 5.74) is 3.09. The lowest BCUT2D eigenvalue weighted by Crippen LogP contribution is -2.54. The molecule has 0 spiro atoms. The van der Waals surface area contributed by atoms with Crippen LogP contribution in [0.4, 0.5) is 0 Å². The molecule has 1 aliphatic heterocycles. The predicted octanol–water partition coefficient (Wildman–Crippen LogP) is 4.58. The number of piperidine rings is 1. The van der Waals surface area contributed by atoms with Crippen molar-refractivity contribution in [3.05, 3.63) is 59.2 Å². The first-order chi connectivity index (χ1) is 13.5. The summed E-state index contributed by atoms with van der Waals surface area (Å²) in [7, 11) is 1.58. The zero-order valence-corrected chi connectivity index (χ0v) is 16.9. The summed E-state index contributed by atoms with van der Waals surface area (Å²) in [6.45, 7) is 3.84. The molecule has 2 aromatic carbocycles. The molecule has 0 unspecified atom stereocenters. The Kier molecular flexibility index (Phi) is 5.35. The van der Waals surface area contributed by atoms with Crippen molar-refractivity contribution in [2.75, 3.05) is 13.7 Å². The third-order valence-corrected chi connectivity index (χ3v) is 6.72. The maximum atomic E-state index is 11.4. The number of aliphatic hydroxyl groups is 1. The molecule has 2 aliphatic rings. The van der Waals surface area contributed by atoms with Gasteiger partial charge in [-0.3, -0.25) is 4.90 Å². The molecule has 150 valence electrons. The van der Waals surface area contributed by atoms with Gasteiger partial charge in [-0.2, -0.15) is 0 Å². The molecule has 1 saturated heterocycles. The average molecular weight is 382 g/mol. The monoisotopic (exact) mass is 381 g/mol. The third-order valence-electron chi connectivity index (χ3n) is 6.72. The molecule has 0 amide bonds. The van der Waals surface area contributed by atoms with Crippen molar-refractivity contribution in [2.45, 2.75) is 57.2 Å². The number of hydrogen-bond donors (Lipinski definition) is 2. The van der Waals surface area contributed by atoms with Crippen LogP contribution in [0.1, 0.15) is 54.8 Å². The Morgan fingerprint density at radius 2 is 1.89 bits per heavy atom. The zero-order valence-electron chi connectivity index (χ0n) is 16.9. The first-order valence-corrected chi connectivity index (χ1v) is 10.4. The fraction of sp³-hybridized carbons (Fsp3) is 0.500. The highest BCUT2D eigenvalue weighted by atomic mass is 16.5. The molecule has 4 nitrogen and oxygen atoms in total. The Morgan fingerprint density at radius 1 is 1.11 bits per heavy atom. The van der Waals surface area contributed by atoms with Crippen LogP contribution in [-0.4, -0.2) is 34.4 Å². The number of rotatable bonds is 4. The number of methoxy groups -OCH3 is 1. The lowest BCUT2D eigenvalue weighted by atomic mass is 9.66. The zero-order chi connectivity index (χ0) is 19.7. The van der Waals surface area contributed by atoms with Crippen molar-refractivity contribution >= 4 is 0 Å². The minimum atomic E-state index is -0.586. The summed E-state index contributed by atoms with van der Waals surface area (Å²) in [5, 5.41) is 21.5. The summed E-state index contributed by atoms with van der Waals surface area (Å²) in [6, 6.07) is 14.5. The Hall–Kier alpha value is -2.04. The highest BCUT2D eigenvalue weighted by Gasteiger charge is 2.48.